The van der Waals surface area contributed by atoms with E-state index in [0.717, 1.165) is 19.5 Å². The minimum absolute atomic E-state index is 0.0837. The Morgan fingerprint density at radius 2 is 2.42 bits per heavy atom. The molecular formula is C15H22N2O2. The third-order valence-corrected chi connectivity index (χ3v) is 4.34. The summed E-state index contributed by atoms with van der Waals surface area (Å²) in [6, 6.07) is 6.43. The number of rotatable bonds is 4. The number of ether oxygens (including phenoxy) is 1. The van der Waals surface area contributed by atoms with Crippen LogP contribution in [0.5, 0.6) is 0 Å². The summed E-state index contributed by atoms with van der Waals surface area (Å²) < 4.78 is 5.44. The normalized spacial score (nSPS) is 29.3. The van der Waals surface area contributed by atoms with Crippen LogP contribution >= 0.6 is 0 Å². The second-order valence-corrected chi connectivity index (χ2v) is 5.60. The predicted octanol–water partition coefficient (Wildman–Crippen LogP) is 1.28. The van der Waals surface area contributed by atoms with Gasteiger partial charge in [-0.25, -0.2) is 0 Å². The first-order valence-corrected chi connectivity index (χ1v) is 7.08. The summed E-state index contributed by atoms with van der Waals surface area (Å²) in [6.07, 6.45) is 1.74. The predicted molar refractivity (Wildman–Crippen MR) is 75.3 cm³/mol. The van der Waals surface area contributed by atoms with Gasteiger partial charge in [0.25, 0.3) is 0 Å². The van der Waals surface area contributed by atoms with Crippen molar-refractivity contribution in [3.05, 3.63) is 29.3 Å². The van der Waals surface area contributed by atoms with Crippen molar-refractivity contribution >= 4 is 5.69 Å². The van der Waals surface area contributed by atoms with Gasteiger partial charge < -0.3 is 20.5 Å². The second kappa shape index (κ2) is 5.12. The Kier molecular flexibility index (Phi) is 3.48. The van der Waals surface area contributed by atoms with Crippen LogP contribution in [0.25, 0.3) is 0 Å². The molecular weight excluding hydrogens is 240 g/mol. The van der Waals surface area contributed by atoms with Gasteiger partial charge in [0.1, 0.15) is 5.60 Å². The molecule has 0 aliphatic carbocycles. The Balaban J connectivity index is 1.60. The van der Waals surface area contributed by atoms with E-state index >= 15 is 0 Å². The fraction of sp³-hybridized carbons (Fsp3) is 0.600. The SMILES string of the molecule is CC1OCCC1(O)CNCc1cccc2c1NCC2. The molecule has 104 valence electrons. The summed E-state index contributed by atoms with van der Waals surface area (Å²) >= 11 is 0. The largest absolute Gasteiger partial charge is 0.386 e. The van der Waals surface area contributed by atoms with Crippen LogP contribution in [0.3, 0.4) is 0 Å². The van der Waals surface area contributed by atoms with Crippen molar-refractivity contribution in [1.82, 2.24) is 5.32 Å². The lowest BCUT2D eigenvalue weighted by molar-refractivity contribution is -0.0262. The molecule has 1 fully saturated rings. The van der Waals surface area contributed by atoms with E-state index < -0.39 is 5.60 Å². The molecule has 0 amide bonds. The van der Waals surface area contributed by atoms with Gasteiger partial charge in [0.2, 0.25) is 0 Å². The van der Waals surface area contributed by atoms with Crippen molar-refractivity contribution in [2.75, 3.05) is 25.0 Å². The molecule has 2 aliphatic rings. The first kappa shape index (κ1) is 12.9. The maximum Gasteiger partial charge on any atom is 0.105 e. The van der Waals surface area contributed by atoms with Gasteiger partial charge >= 0.3 is 0 Å². The number of fused-ring (bicyclic) bond motifs is 1. The molecule has 1 aromatic rings. The molecule has 1 aromatic carbocycles. The molecule has 0 radical (unpaired) electrons. The van der Waals surface area contributed by atoms with E-state index in [-0.39, 0.29) is 6.10 Å². The second-order valence-electron chi connectivity index (χ2n) is 5.60. The smallest absolute Gasteiger partial charge is 0.105 e. The van der Waals surface area contributed by atoms with Crippen molar-refractivity contribution in [3.8, 4) is 0 Å². The fourth-order valence-corrected chi connectivity index (χ4v) is 2.97. The standard InChI is InChI=1S/C15H22N2O2/c1-11-15(18,6-8-19-11)10-16-9-13-4-2-3-12-5-7-17-14(12)13/h2-4,11,16-18H,5-10H2,1H3. The van der Waals surface area contributed by atoms with E-state index in [9.17, 15) is 5.11 Å². The number of para-hydroxylation sites is 1. The van der Waals surface area contributed by atoms with Crippen molar-refractivity contribution in [1.29, 1.82) is 0 Å². The van der Waals surface area contributed by atoms with Crippen LogP contribution in [0.1, 0.15) is 24.5 Å². The lowest BCUT2D eigenvalue weighted by Gasteiger charge is -2.26. The summed E-state index contributed by atoms with van der Waals surface area (Å²) in [7, 11) is 0. The monoisotopic (exact) mass is 262 g/mol. The molecule has 2 atom stereocenters. The Hall–Kier alpha value is -1.10. The molecule has 1 saturated heterocycles. The molecule has 3 N–H and O–H groups in total. The van der Waals surface area contributed by atoms with Gasteiger partial charge in [-0.05, 0) is 24.5 Å². The lowest BCUT2D eigenvalue weighted by Crippen LogP contribution is -2.45. The van der Waals surface area contributed by atoms with Crippen LogP contribution in [0.2, 0.25) is 0 Å². The van der Waals surface area contributed by atoms with Crippen molar-refractivity contribution in [2.24, 2.45) is 0 Å². The minimum atomic E-state index is -0.717. The third kappa shape index (κ3) is 2.48. The lowest BCUT2D eigenvalue weighted by atomic mass is 9.96. The molecule has 4 heteroatoms. The number of benzene rings is 1. The van der Waals surface area contributed by atoms with Crippen LogP contribution in [0.4, 0.5) is 5.69 Å². The topological polar surface area (TPSA) is 53.5 Å². The van der Waals surface area contributed by atoms with Gasteiger partial charge in [0.05, 0.1) is 6.10 Å². The zero-order valence-corrected chi connectivity index (χ0v) is 11.4. The molecule has 4 nitrogen and oxygen atoms in total. The maximum absolute atomic E-state index is 10.4. The van der Waals surface area contributed by atoms with Crippen molar-refractivity contribution in [3.63, 3.8) is 0 Å². The highest BCUT2D eigenvalue weighted by Gasteiger charge is 2.38. The van der Waals surface area contributed by atoms with Crippen molar-refractivity contribution < 1.29 is 9.84 Å². The minimum Gasteiger partial charge on any atom is -0.386 e. The van der Waals surface area contributed by atoms with E-state index in [1.807, 2.05) is 6.92 Å². The van der Waals surface area contributed by atoms with E-state index in [1.54, 1.807) is 0 Å². The van der Waals surface area contributed by atoms with Crippen LogP contribution in [0, 0.1) is 0 Å². The maximum atomic E-state index is 10.4. The summed E-state index contributed by atoms with van der Waals surface area (Å²) in [5.74, 6) is 0. The molecule has 0 saturated carbocycles. The van der Waals surface area contributed by atoms with Gasteiger partial charge in [0, 0.05) is 38.3 Å². The molecule has 19 heavy (non-hydrogen) atoms. The molecule has 0 aromatic heterocycles. The third-order valence-electron chi connectivity index (χ3n) is 4.34. The summed E-state index contributed by atoms with van der Waals surface area (Å²) in [6.45, 7) is 4.99. The zero-order chi connectivity index (χ0) is 13.3. The number of hydrogen-bond acceptors (Lipinski definition) is 4. The number of aliphatic hydroxyl groups is 1. The molecule has 0 bridgehead atoms. The van der Waals surface area contributed by atoms with Crippen LogP contribution in [0.15, 0.2) is 18.2 Å². The van der Waals surface area contributed by atoms with Crippen LogP contribution in [-0.4, -0.2) is 36.5 Å². The molecule has 3 rings (SSSR count). The zero-order valence-electron chi connectivity index (χ0n) is 11.4. The number of anilines is 1. The van der Waals surface area contributed by atoms with E-state index in [1.165, 1.54) is 16.8 Å². The fourth-order valence-electron chi connectivity index (χ4n) is 2.97. The highest BCUT2D eigenvalue weighted by atomic mass is 16.5. The average molecular weight is 262 g/mol. The highest BCUT2D eigenvalue weighted by molar-refractivity contribution is 5.61. The Bertz CT molecular complexity index is 463. The summed E-state index contributed by atoms with van der Waals surface area (Å²) in [4.78, 5) is 0. The Morgan fingerprint density at radius 3 is 3.21 bits per heavy atom. The van der Waals surface area contributed by atoms with Crippen LogP contribution in [-0.2, 0) is 17.7 Å². The summed E-state index contributed by atoms with van der Waals surface area (Å²) in [5.41, 5.74) is 3.24. The first-order valence-electron chi connectivity index (χ1n) is 7.08. The molecule has 2 unspecified atom stereocenters. The highest BCUT2D eigenvalue weighted by Crippen LogP contribution is 2.27. The molecule has 2 aliphatic heterocycles. The van der Waals surface area contributed by atoms with Gasteiger partial charge in [-0.15, -0.1) is 0 Å². The van der Waals surface area contributed by atoms with Gasteiger partial charge in [-0.2, -0.15) is 0 Å². The number of nitrogens with one attached hydrogen (secondary N) is 2. The Labute approximate surface area is 114 Å². The van der Waals surface area contributed by atoms with Crippen LogP contribution < -0.4 is 10.6 Å². The van der Waals surface area contributed by atoms with Gasteiger partial charge in [-0.1, -0.05) is 18.2 Å². The van der Waals surface area contributed by atoms with E-state index in [4.69, 9.17) is 4.74 Å². The van der Waals surface area contributed by atoms with Gasteiger partial charge in [0.15, 0.2) is 0 Å². The summed E-state index contributed by atoms with van der Waals surface area (Å²) in [5, 5.41) is 17.2. The molecule has 0 spiro atoms. The van der Waals surface area contributed by atoms with E-state index in [2.05, 4.69) is 28.8 Å². The van der Waals surface area contributed by atoms with Gasteiger partial charge in [-0.3, -0.25) is 0 Å². The van der Waals surface area contributed by atoms with E-state index in [0.29, 0.717) is 19.6 Å². The number of hydrogen-bond donors (Lipinski definition) is 3. The average Bonchev–Trinajstić information content (AvgIpc) is 2.98. The van der Waals surface area contributed by atoms with Crippen molar-refractivity contribution in [2.45, 2.75) is 38.0 Å². The molecule has 2 heterocycles. The Morgan fingerprint density at radius 1 is 1.53 bits per heavy atom. The quantitative estimate of drug-likeness (QED) is 0.765. The first-order chi connectivity index (χ1) is 9.19.